The van der Waals surface area contributed by atoms with Gasteiger partial charge in [0.15, 0.2) is 0 Å². The lowest BCUT2D eigenvalue weighted by atomic mass is 10.1. The number of aliphatic imine (C=N–C) groups is 1. The molecule has 0 saturated carbocycles. The van der Waals surface area contributed by atoms with Crippen molar-refractivity contribution in [1.82, 2.24) is 0 Å². The van der Waals surface area contributed by atoms with Crippen molar-refractivity contribution >= 4 is 5.71 Å². The van der Waals surface area contributed by atoms with Crippen LogP contribution >= 0.6 is 0 Å². The maximum absolute atomic E-state index is 4.38. The summed E-state index contributed by atoms with van der Waals surface area (Å²) < 4.78 is 0. The molecule has 0 aliphatic heterocycles. The fourth-order valence-corrected chi connectivity index (χ4v) is 0.999. The molecule has 0 heterocycles. The van der Waals surface area contributed by atoms with E-state index in [9.17, 15) is 0 Å². The van der Waals surface area contributed by atoms with Crippen molar-refractivity contribution in [1.29, 1.82) is 0 Å². The summed E-state index contributed by atoms with van der Waals surface area (Å²) in [6, 6.07) is 0. The average molecular weight is 140 g/mol. The fraction of sp³-hybridized carbons (Fsp3) is 0.778. The Morgan fingerprint density at radius 3 is 2.40 bits per heavy atom. The van der Waals surface area contributed by atoms with Gasteiger partial charge in [0.2, 0.25) is 0 Å². The van der Waals surface area contributed by atoms with E-state index < -0.39 is 0 Å². The van der Waals surface area contributed by atoms with Crippen molar-refractivity contribution in [2.45, 2.75) is 39.5 Å². The molecule has 59 valence electrons. The van der Waals surface area contributed by atoms with E-state index in [2.05, 4.69) is 25.8 Å². The molecule has 1 radical (unpaired) electrons. The SMILES string of the molecule is [CH2]CC/C(CCC)=N/CC. The van der Waals surface area contributed by atoms with E-state index in [1.165, 1.54) is 12.1 Å². The van der Waals surface area contributed by atoms with Crippen LogP contribution in [0.4, 0.5) is 0 Å². The molecule has 0 saturated heterocycles. The van der Waals surface area contributed by atoms with Crippen LogP contribution in [0.3, 0.4) is 0 Å². The first-order chi connectivity index (χ1) is 4.85. The summed E-state index contributed by atoms with van der Waals surface area (Å²) in [5, 5.41) is 0. The molecule has 0 aliphatic carbocycles. The number of hydrogen-bond acceptors (Lipinski definition) is 1. The van der Waals surface area contributed by atoms with Crippen LogP contribution in [0, 0.1) is 6.92 Å². The van der Waals surface area contributed by atoms with Crippen molar-refractivity contribution in [3.8, 4) is 0 Å². The highest BCUT2D eigenvalue weighted by Gasteiger charge is 1.93. The topological polar surface area (TPSA) is 12.4 Å². The zero-order valence-corrected chi connectivity index (χ0v) is 7.19. The lowest BCUT2D eigenvalue weighted by Crippen LogP contribution is -1.97. The third kappa shape index (κ3) is 4.54. The first kappa shape index (κ1) is 9.67. The van der Waals surface area contributed by atoms with E-state index in [0.29, 0.717) is 0 Å². The van der Waals surface area contributed by atoms with Crippen molar-refractivity contribution in [3.63, 3.8) is 0 Å². The molecule has 0 bridgehead atoms. The van der Waals surface area contributed by atoms with Gasteiger partial charge in [-0.25, -0.2) is 0 Å². The summed E-state index contributed by atoms with van der Waals surface area (Å²) in [6.07, 6.45) is 4.43. The van der Waals surface area contributed by atoms with Gasteiger partial charge >= 0.3 is 0 Å². The minimum atomic E-state index is 0.926. The van der Waals surface area contributed by atoms with E-state index in [4.69, 9.17) is 0 Å². The number of nitrogens with zero attached hydrogens (tertiary/aromatic N) is 1. The second-order valence-corrected chi connectivity index (χ2v) is 2.39. The van der Waals surface area contributed by atoms with Gasteiger partial charge in [-0.15, -0.1) is 0 Å². The van der Waals surface area contributed by atoms with E-state index in [-0.39, 0.29) is 0 Å². The molecule has 0 spiro atoms. The van der Waals surface area contributed by atoms with Crippen LogP contribution in [-0.4, -0.2) is 12.3 Å². The molecule has 0 amide bonds. The number of hydrogen-bond donors (Lipinski definition) is 0. The van der Waals surface area contributed by atoms with E-state index >= 15 is 0 Å². The highest BCUT2D eigenvalue weighted by atomic mass is 14.7. The summed E-state index contributed by atoms with van der Waals surface area (Å²) in [7, 11) is 0. The lowest BCUT2D eigenvalue weighted by molar-refractivity contribution is 0.925. The highest BCUT2D eigenvalue weighted by molar-refractivity contribution is 5.84. The van der Waals surface area contributed by atoms with Crippen molar-refractivity contribution in [2.75, 3.05) is 6.54 Å². The standard InChI is InChI=1S/C9H18N/c1-4-7-9(8-5-2)10-6-3/h1,4-8H2,2-3H3/b10-9-. The largest absolute Gasteiger partial charge is 0.294 e. The van der Waals surface area contributed by atoms with Crippen molar-refractivity contribution in [3.05, 3.63) is 6.92 Å². The van der Waals surface area contributed by atoms with Crippen molar-refractivity contribution < 1.29 is 0 Å². The van der Waals surface area contributed by atoms with Gasteiger partial charge in [0.25, 0.3) is 0 Å². The predicted octanol–water partition coefficient (Wildman–Crippen LogP) is 2.86. The maximum Gasteiger partial charge on any atom is 0.0360 e. The van der Waals surface area contributed by atoms with Crippen LogP contribution in [0.1, 0.15) is 39.5 Å². The van der Waals surface area contributed by atoms with Gasteiger partial charge in [0.1, 0.15) is 0 Å². The van der Waals surface area contributed by atoms with Crippen LogP contribution in [0.15, 0.2) is 4.99 Å². The third-order valence-corrected chi connectivity index (χ3v) is 1.39. The predicted molar refractivity (Wildman–Crippen MR) is 47.5 cm³/mol. The maximum atomic E-state index is 4.38. The molecular formula is C9H18N. The fourth-order valence-electron chi connectivity index (χ4n) is 0.999. The van der Waals surface area contributed by atoms with Crippen molar-refractivity contribution in [2.24, 2.45) is 4.99 Å². The molecule has 0 aromatic heterocycles. The second-order valence-electron chi connectivity index (χ2n) is 2.39. The molecular weight excluding hydrogens is 122 g/mol. The molecule has 0 aromatic rings. The van der Waals surface area contributed by atoms with Gasteiger partial charge in [-0.3, -0.25) is 4.99 Å². The normalized spacial score (nSPS) is 12.1. The molecule has 10 heavy (non-hydrogen) atoms. The molecule has 0 aliphatic rings. The Labute approximate surface area is 64.6 Å². The van der Waals surface area contributed by atoms with Crippen LogP contribution in [0.2, 0.25) is 0 Å². The third-order valence-electron chi connectivity index (χ3n) is 1.39. The molecule has 1 nitrogen and oxygen atoms in total. The Balaban J connectivity index is 3.60. The van der Waals surface area contributed by atoms with Crippen LogP contribution < -0.4 is 0 Å². The van der Waals surface area contributed by atoms with Gasteiger partial charge in [0, 0.05) is 12.3 Å². The Bertz CT molecular complexity index is 86.9. The van der Waals surface area contributed by atoms with Gasteiger partial charge in [-0.05, 0) is 26.2 Å². The monoisotopic (exact) mass is 140 g/mol. The minimum Gasteiger partial charge on any atom is -0.294 e. The number of rotatable bonds is 5. The van der Waals surface area contributed by atoms with Crippen LogP contribution in [0.25, 0.3) is 0 Å². The Hall–Kier alpha value is -0.330. The summed E-state index contributed by atoms with van der Waals surface area (Å²) in [6.45, 7) is 9.01. The second kappa shape index (κ2) is 6.79. The zero-order chi connectivity index (χ0) is 7.82. The smallest absolute Gasteiger partial charge is 0.0360 e. The molecule has 1 heteroatoms. The highest BCUT2D eigenvalue weighted by Crippen LogP contribution is 1.99. The Morgan fingerprint density at radius 2 is 2.00 bits per heavy atom. The molecule has 0 unspecified atom stereocenters. The molecule has 0 N–H and O–H groups in total. The average Bonchev–Trinajstić information content (AvgIpc) is 1.90. The van der Waals surface area contributed by atoms with E-state index in [0.717, 1.165) is 25.8 Å². The molecule has 0 fully saturated rings. The summed E-state index contributed by atoms with van der Waals surface area (Å²) >= 11 is 0. The van der Waals surface area contributed by atoms with Gasteiger partial charge in [0.05, 0.1) is 0 Å². The first-order valence-corrected chi connectivity index (χ1v) is 4.16. The summed E-state index contributed by atoms with van der Waals surface area (Å²) in [4.78, 5) is 4.38. The van der Waals surface area contributed by atoms with Gasteiger partial charge < -0.3 is 0 Å². The Kier molecular flexibility index (Phi) is 6.56. The first-order valence-electron chi connectivity index (χ1n) is 4.16. The van der Waals surface area contributed by atoms with Crippen LogP contribution in [0.5, 0.6) is 0 Å². The summed E-state index contributed by atoms with van der Waals surface area (Å²) in [5.74, 6) is 0. The zero-order valence-electron chi connectivity index (χ0n) is 7.19. The molecule has 0 atom stereocenters. The van der Waals surface area contributed by atoms with E-state index in [1.807, 2.05) is 0 Å². The Morgan fingerprint density at radius 1 is 1.30 bits per heavy atom. The molecule has 0 rings (SSSR count). The van der Waals surface area contributed by atoms with Gasteiger partial charge in [-0.1, -0.05) is 20.3 Å². The van der Waals surface area contributed by atoms with E-state index in [1.54, 1.807) is 0 Å². The van der Waals surface area contributed by atoms with Gasteiger partial charge in [-0.2, -0.15) is 0 Å². The van der Waals surface area contributed by atoms with Crippen LogP contribution in [-0.2, 0) is 0 Å². The lowest BCUT2D eigenvalue weighted by Gasteiger charge is -2.00. The quantitative estimate of drug-likeness (QED) is 0.521. The minimum absolute atomic E-state index is 0.926. The summed E-state index contributed by atoms with van der Waals surface area (Å²) in [5.41, 5.74) is 1.35. The molecule has 0 aromatic carbocycles.